The van der Waals surface area contributed by atoms with Gasteiger partial charge in [0.25, 0.3) is 0 Å². The van der Waals surface area contributed by atoms with Crippen molar-refractivity contribution < 1.29 is 9.90 Å². The van der Waals surface area contributed by atoms with Crippen LogP contribution in [0.4, 0.5) is 0 Å². The lowest BCUT2D eigenvalue weighted by Crippen LogP contribution is -1.94. The number of carboxylic acids is 1. The van der Waals surface area contributed by atoms with Crippen molar-refractivity contribution in [2.24, 2.45) is 0 Å². The Labute approximate surface area is 54.5 Å². The van der Waals surface area contributed by atoms with Gasteiger partial charge in [-0.3, -0.25) is 0 Å². The lowest BCUT2D eigenvalue weighted by atomic mass is 10.2. The van der Waals surface area contributed by atoms with Crippen molar-refractivity contribution >= 4 is 5.97 Å². The van der Waals surface area contributed by atoms with Crippen molar-refractivity contribution in [2.75, 3.05) is 0 Å². The number of rotatable bonds is 3. The van der Waals surface area contributed by atoms with E-state index >= 15 is 0 Å². The van der Waals surface area contributed by atoms with E-state index in [1.54, 1.807) is 6.08 Å². The first kappa shape index (κ1) is 7.95. The average molecular weight is 126 g/mol. The highest BCUT2D eigenvalue weighted by molar-refractivity contribution is 5.88. The van der Waals surface area contributed by atoms with E-state index in [1.165, 1.54) is 6.08 Å². The van der Waals surface area contributed by atoms with E-state index in [0.29, 0.717) is 0 Å². The second-order valence-corrected chi connectivity index (χ2v) is 1.64. The molecule has 0 bridgehead atoms. The molecule has 0 aliphatic heterocycles. The van der Waals surface area contributed by atoms with Gasteiger partial charge >= 0.3 is 5.97 Å². The zero-order valence-corrected chi connectivity index (χ0v) is 5.42. The summed E-state index contributed by atoms with van der Waals surface area (Å²) in [6.07, 6.45) is 4.10. The first-order valence-corrected chi connectivity index (χ1v) is 2.77. The van der Waals surface area contributed by atoms with E-state index in [-0.39, 0.29) is 5.57 Å². The Hall–Kier alpha value is -1.05. The molecule has 9 heavy (non-hydrogen) atoms. The van der Waals surface area contributed by atoms with E-state index in [0.717, 1.165) is 6.42 Å². The monoisotopic (exact) mass is 126 g/mol. The Morgan fingerprint density at radius 2 is 2.33 bits per heavy atom. The first-order chi connectivity index (χ1) is 4.18. The number of carboxylic acid groups (broad SMARTS) is 1. The molecule has 0 spiro atoms. The zero-order valence-electron chi connectivity index (χ0n) is 5.42. The molecule has 2 nitrogen and oxygen atoms in total. The quantitative estimate of drug-likeness (QED) is 0.460. The smallest absolute Gasteiger partial charge is 0.335 e. The Bertz CT molecular complexity index is 145. The van der Waals surface area contributed by atoms with E-state index in [1.807, 2.05) is 6.92 Å². The van der Waals surface area contributed by atoms with E-state index in [9.17, 15) is 4.79 Å². The minimum atomic E-state index is -0.959. The molecular weight excluding hydrogens is 116 g/mol. The summed E-state index contributed by atoms with van der Waals surface area (Å²) in [4.78, 5) is 10.1. The van der Waals surface area contributed by atoms with Crippen molar-refractivity contribution in [1.82, 2.24) is 0 Å². The van der Waals surface area contributed by atoms with E-state index < -0.39 is 5.97 Å². The maximum Gasteiger partial charge on any atom is 0.335 e. The van der Waals surface area contributed by atoms with Crippen LogP contribution in [0, 0.1) is 0 Å². The van der Waals surface area contributed by atoms with Gasteiger partial charge in [-0.25, -0.2) is 4.79 Å². The van der Waals surface area contributed by atoms with Gasteiger partial charge in [0, 0.05) is 0 Å². The molecule has 0 fully saturated rings. The molecule has 0 aromatic heterocycles. The van der Waals surface area contributed by atoms with Crippen molar-refractivity contribution in [2.45, 2.75) is 13.3 Å². The summed E-state index contributed by atoms with van der Waals surface area (Å²) in [5.74, 6) is -0.959. The van der Waals surface area contributed by atoms with Crippen LogP contribution in [0.2, 0.25) is 0 Å². The lowest BCUT2D eigenvalue weighted by Gasteiger charge is -1.86. The second-order valence-electron chi connectivity index (χ2n) is 1.64. The van der Waals surface area contributed by atoms with Crippen LogP contribution >= 0.6 is 0 Å². The van der Waals surface area contributed by atoms with Gasteiger partial charge in [-0.05, 0) is 6.42 Å². The molecule has 0 aromatic rings. The molecule has 50 valence electrons. The van der Waals surface area contributed by atoms with Gasteiger partial charge in [-0.1, -0.05) is 25.7 Å². The molecule has 0 heterocycles. The van der Waals surface area contributed by atoms with E-state index in [2.05, 4.69) is 6.58 Å². The van der Waals surface area contributed by atoms with Crippen LogP contribution in [-0.2, 0) is 4.79 Å². The number of allylic oxidation sites excluding steroid dienone is 1. The molecular formula is C7H10O2. The van der Waals surface area contributed by atoms with Crippen LogP contribution in [0.5, 0.6) is 0 Å². The zero-order chi connectivity index (χ0) is 7.28. The molecule has 0 aliphatic carbocycles. The molecule has 0 unspecified atom stereocenters. The molecule has 1 N–H and O–H groups in total. The predicted molar refractivity (Wildman–Crippen MR) is 36.2 cm³/mol. The Morgan fingerprint density at radius 1 is 1.78 bits per heavy atom. The highest BCUT2D eigenvalue weighted by Crippen LogP contribution is 1.92. The third kappa shape index (κ3) is 3.53. The van der Waals surface area contributed by atoms with Crippen LogP contribution in [0.3, 0.4) is 0 Å². The van der Waals surface area contributed by atoms with Gasteiger partial charge in [0.1, 0.15) is 0 Å². The second kappa shape index (κ2) is 3.89. The number of carbonyl (C=O) groups is 1. The standard InChI is InChI=1S/C7H10O2/c1-3-4-5-6(2)7(8)9/h4-5H,2-3H2,1H3,(H,8,9)/b5-4+. The van der Waals surface area contributed by atoms with Gasteiger partial charge in [0.05, 0.1) is 5.57 Å². The fourth-order valence-corrected chi connectivity index (χ4v) is 0.331. The molecule has 2 heteroatoms. The molecule has 0 saturated heterocycles. The number of hydrogen-bond donors (Lipinski definition) is 1. The fraction of sp³-hybridized carbons (Fsp3) is 0.286. The lowest BCUT2D eigenvalue weighted by molar-refractivity contribution is -0.132. The van der Waals surface area contributed by atoms with Gasteiger partial charge in [0.15, 0.2) is 0 Å². The summed E-state index contributed by atoms with van der Waals surface area (Å²) >= 11 is 0. The fourth-order valence-electron chi connectivity index (χ4n) is 0.331. The van der Waals surface area contributed by atoms with Crippen molar-refractivity contribution in [3.8, 4) is 0 Å². The topological polar surface area (TPSA) is 37.3 Å². The predicted octanol–water partition coefficient (Wildman–Crippen LogP) is 1.59. The summed E-state index contributed by atoms with van der Waals surface area (Å²) in [6.45, 7) is 5.24. The average Bonchev–Trinajstić information content (AvgIpc) is 1.82. The highest BCUT2D eigenvalue weighted by Gasteiger charge is 1.95. The van der Waals surface area contributed by atoms with Crippen LogP contribution in [0.1, 0.15) is 13.3 Å². The summed E-state index contributed by atoms with van der Waals surface area (Å²) in [5.41, 5.74) is 0.136. The van der Waals surface area contributed by atoms with Crippen LogP contribution < -0.4 is 0 Å². The minimum absolute atomic E-state index is 0.136. The Kier molecular flexibility index (Phi) is 3.44. The third-order valence-corrected chi connectivity index (χ3v) is 0.829. The molecule has 0 rings (SSSR count). The SMILES string of the molecule is C=C(/C=C/CC)C(=O)O. The van der Waals surface area contributed by atoms with Crippen molar-refractivity contribution in [3.63, 3.8) is 0 Å². The summed E-state index contributed by atoms with van der Waals surface area (Å²) in [7, 11) is 0. The van der Waals surface area contributed by atoms with Crippen molar-refractivity contribution in [1.29, 1.82) is 0 Å². The maximum atomic E-state index is 10.1. The molecule has 0 atom stereocenters. The van der Waals surface area contributed by atoms with Crippen LogP contribution in [-0.4, -0.2) is 11.1 Å². The van der Waals surface area contributed by atoms with Gasteiger partial charge in [-0.15, -0.1) is 0 Å². The summed E-state index contributed by atoms with van der Waals surface area (Å²) < 4.78 is 0. The summed E-state index contributed by atoms with van der Waals surface area (Å²) in [5, 5.41) is 8.26. The van der Waals surface area contributed by atoms with Crippen LogP contribution in [0.15, 0.2) is 24.3 Å². The molecule has 0 aromatic carbocycles. The van der Waals surface area contributed by atoms with Crippen LogP contribution in [0.25, 0.3) is 0 Å². The molecule has 0 radical (unpaired) electrons. The Balaban J connectivity index is 3.77. The van der Waals surface area contributed by atoms with E-state index in [4.69, 9.17) is 5.11 Å². The largest absolute Gasteiger partial charge is 0.478 e. The molecule has 0 saturated carbocycles. The first-order valence-electron chi connectivity index (χ1n) is 2.77. The minimum Gasteiger partial charge on any atom is -0.478 e. The normalized spacial score (nSPS) is 9.89. The summed E-state index contributed by atoms with van der Waals surface area (Å²) in [6, 6.07) is 0. The number of aliphatic carboxylic acids is 1. The highest BCUT2D eigenvalue weighted by atomic mass is 16.4. The van der Waals surface area contributed by atoms with Gasteiger partial charge in [0.2, 0.25) is 0 Å². The van der Waals surface area contributed by atoms with Gasteiger partial charge < -0.3 is 5.11 Å². The molecule has 0 amide bonds. The number of hydrogen-bond acceptors (Lipinski definition) is 1. The Morgan fingerprint density at radius 3 is 2.67 bits per heavy atom. The van der Waals surface area contributed by atoms with Gasteiger partial charge in [-0.2, -0.15) is 0 Å². The van der Waals surface area contributed by atoms with Crippen molar-refractivity contribution in [3.05, 3.63) is 24.3 Å². The maximum absolute atomic E-state index is 10.1. The molecule has 0 aliphatic rings. The third-order valence-electron chi connectivity index (χ3n) is 0.829.